The molecule has 0 radical (unpaired) electrons. The van der Waals surface area contributed by atoms with E-state index < -0.39 is 0 Å². The first-order valence-electron chi connectivity index (χ1n) is 4.70. The molecule has 1 N–H and O–H groups in total. The van der Waals surface area contributed by atoms with Gasteiger partial charge in [0, 0.05) is 13.2 Å². The number of rotatable bonds is 4. The molecule has 1 heterocycles. The molecule has 0 aromatic carbocycles. The van der Waals surface area contributed by atoms with Crippen LogP contribution < -0.4 is 5.32 Å². The Morgan fingerprint density at radius 3 is 3.08 bits per heavy atom. The Hall–Kier alpha value is -0.120. The Morgan fingerprint density at radius 2 is 2.50 bits per heavy atom. The summed E-state index contributed by atoms with van der Waals surface area (Å²) in [5, 5.41) is 3.09. The zero-order chi connectivity index (χ0) is 8.81. The van der Waals surface area contributed by atoms with Crippen LogP contribution in [0, 0.1) is 0 Å². The molecule has 1 fully saturated rings. The van der Waals surface area contributed by atoms with E-state index in [2.05, 4.69) is 12.2 Å². The number of likely N-dealkylation sites (N-methyl/N-ethyl adjacent to an activating group) is 1. The minimum Gasteiger partial charge on any atom is -0.379 e. The fraction of sp³-hybridized carbons (Fsp3) is 1.00. The predicted molar refractivity (Wildman–Crippen MR) is 48.3 cm³/mol. The van der Waals surface area contributed by atoms with E-state index in [4.69, 9.17) is 9.47 Å². The van der Waals surface area contributed by atoms with Crippen LogP contribution in [0.25, 0.3) is 0 Å². The van der Waals surface area contributed by atoms with Crippen molar-refractivity contribution in [2.24, 2.45) is 0 Å². The van der Waals surface area contributed by atoms with Gasteiger partial charge in [0.05, 0.1) is 18.8 Å². The van der Waals surface area contributed by atoms with Crippen LogP contribution in [0.4, 0.5) is 0 Å². The lowest BCUT2D eigenvalue weighted by atomic mass is 10.2. The maximum absolute atomic E-state index is 5.74. The quantitative estimate of drug-likeness (QED) is 0.682. The highest BCUT2D eigenvalue weighted by Crippen LogP contribution is 2.11. The van der Waals surface area contributed by atoms with Crippen molar-refractivity contribution in [1.29, 1.82) is 0 Å². The molecule has 0 aromatic heterocycles. The smallest absolute Gasteiger partial charge is 0.0813 e. The van der Waals surface area contributed by atoms with Crippen LogP contribution in [0.2, 0.25) is 0 Å². The number of ether oxygens (including phenoxy) is 2. The minimum atomic E-state index is 0.293. The summed E-state index contributed by atoms with van der Waals surface area (Å²) >= 11 is 0. The molecule has 2 atom stereocenters. The highest BCUT2D eigenvalue weighted by molar-refractivity contribution is 4.65. The highest BCUT2D eigenvalue weighted by atomic mass is 16.5. The first-order chi connectivity index (χ1) is 5.83. The number of hydrogen-bond donors (Lipinski definition) is 1. The maximum atomic E-state index is 5.74. The van der Waals surface area contributed by atoms with E-state index in [1.807, 2.05) is 7.05 Å². The topological polar surface area (TPSA) is 30.5 Å². The third-order valence-electron chi connectivity index (χ3n) is 2.03. The van der Waals surface area contributed by atoms with Crippen LogP contribution >= 0.6 is 0 Å². The van der Waals surface area contributed by atoms with Crippen molar-refractivity contribution >= 4 is 0 Å². The summed E-state index contributed by atoms with van der Waals surface area (Å²) < 4.78 is 11.1. The maximum Gasteiger partial charge on any atom is 0.0813 e. The van der Waals surface area contributed by atoms with Gasteiger partial charge in [0.25, 0.3) is 0 Å². The fourth-order valence-corrected chi connectivity index (χ4v) is 1.48. The summed E-state index contributed by atoms with van der Waals surface area (Å²) in [5.41, 5.74) is 0. The van der Waals surface area contributed by atoms with Gasteiger partial charge in [0.1, 0.15) is 0 Å². The van der Waals surface area contributed by atoms with Crippen molar-refractivity contribution < 1.29 is 9.47 Å². The van der Waals surface area contributed by atoms with E-state index in [0.717, 1.165) is 32.6 Å². The lowest BCUT2D eigenvalue weighted by Crippen LogP contribution is -2.33. The molecule has 1 rings (SSSR count). The summed E-state index contributed by atoms with van der Waals surface area (Å²) in [4.78, 5) is 0. The van der Waals surface area contributed by atoms with E-state index >= 15 is 0 Å². The third-order valence-corrected chi connectivity index (χ3v) is 2.03. The van der Waals surface area contributed by atoms with Gasteiger partial charge in [-0.25, -0.2) is 0 Å². The van der Waals surface area contributed by atoms with Crippen LogP contribution in [0.5, 0.6) is 0 Å². The van der Waals surface area contributed by atoms with Gasteiger partial charge in [-0.2, -0.15) is 0 Å². The lowest BCUT2D eigenvalue weighted by molar-refractivity contribution is -0.0769. The van der Waals surface area contributed by atoms with Crippen molar-refractivity contribution in [2.45, 2.75) is 32.0 Å². The summed E-state index contributed by atoms with van der Waals surface area (Å²) in [6, 6.07) is 0. The number of nitrogens with one attached hydrogen (secondary N) is 1. The molecular formula is C9H19NO2. The van der Waals surface area contributed by atoms with Gasteiger partial charge in [0.15, 0.2) is 0 Å². The fourth-order valence-electron chi connectivity index (χ4n) is 1.48. The van der Waals surface area contributed by atoms with Crippen LogP contribution in [-0.4, -0.2) is 39.0 Å². The van der Waals surface area contributed by atoms with E-state index in [9.17, 15) is 0 Å². The molecule has 3 heteroatoms. The van der Waals surface area contributed by atoms with Gasteiger partial charge in [0.2, 0.25) is 0 Å². The Kier molecular flexibility index (Phi) is 4.58. The van der Waals surface area contributed by atoms with Crippen molar-refractivity contribution in [3.05, 3.63) is 0 Å². The molecule has 1 saturated heterocycles. The third kappa shape index (κ3) is 3.52. The van der Waals surface area contributed by atoms with Gasteiger partial charge in [-0.05, 0) is 26.8 Å². The van der Waals surface area contributed by atoms with Crippen molar-refractivity contribution in [2.75, 3.05) is 26.8 Å². The average Bonchev–Trinajstić information content (AvgIpc) is 2.06. The Bertz CT molecular complexity index is 113. The molecule has 0 bridgehead atoms. The van der Waals surface area contributed by atoms with Gasteiger partial charge in [-0.3, -0.25) is 0 Å². The molecule has 1 aliphatic heterocycles. The molecule has 3 nitrogen and oxygen atoms in total. The van der Waals surface area contributed by atoms with Gasteiger partial charge in [-0.1, -0.05) is 0 Å². The Morgan fingerprint density at radius 1 is 1.67 bits per heavy atom. The lowest BCUT2D eigenvalue weighted by Gasteiger charge is -2.25. The van der Waals surface area contributed by atoms with Crippen LogP contribution in [0.15, 0.2) is 0 Å². The van der Waals surface area contributed by atoms with E-state index in [-0.39, 0.29) is 0 Å². The molecule has 12 heavy (non-hydrogen) atoms. The minimum absolute atomic E-state index is 0.293. The second kappa shape index (κ2) is 5.51. The van der Waals surface area contributed by atoms with E-state index in [0.29, 0.717) is 12.2 Å². The Balaban J connectivity index is 2.11. The molecule has 1 aliphatic rings. The largest absolute Gasteiger partial charge is 0.379 e. The summed E-state index contributed by atoms with van der Waals surface area (Å²) in [5.74, 6) is 0. The van der Waals surface area contributed by atoms with Gasteiger partial charge < -0.3 is 14.8 Å². The molecule has 0 spiro atoms. The standard InChI is InChI=1S/C9H19NO2/c1-8(6-10-2)12-9-4-3-5-11-7-9/h8-10H,3-7H2,1-2H3. The first-order valence-corrected chi connectivity index (χ1v) is 4.70. The van der Waals surface area contributed by atoms with E-state index in [1.54, 1.807) is 0 Å². The van der Waals surface area contributed by atoms with Crippen molar-refractivity contribution in [3.8, 4) is 0 Å². The first kappa shape index (κ1) is 9.96. The van der Waals surface area contributed by atoms with Crippen LogP contribution in [-0.2, 0) is 9.47 Å². The zero-order valence-electron chi connectivity index (χ0n) is 8.01. The van der Waals surface area contributed by atoms with Crippen molar-refractivity contribution in [3.63, 3.8) is 0 Å². The zero-order valence-corrected chi connectivity index (χ0v) is 8.01. The molecule has 72 valence electrons. The monoisotopic (exact) mass is 173 g/mol. The molecule has 2 unspecified atom stereocenters. The second-order valence-corrected chi connectivity index (χ2v) is 3.34. The van der Waals surface area contributed by atoms with Crippen molar-refractivity contribution in [1.82, 2.24) is 5.32 Å². The molecule has 0 saturated carbocycles. The summed E-state index contributed by atoms with van der Waals surface area (Å²) in [6.45, 7) is 4.68. The number of hydrogen-bond acceptors (Lipinski definition) is 3. The van der Waals surface area contributed by atoms with Gasteiger partial charge >= 0.3 is 0 Å². The molecule has 0 aromatic rings. The molecule has 0 amide bonds. The highest BCUT2D eigenvalue weighted by Gasteiger charge is 2.16. The summed E-state index contributed by atoms with van der Waals surface area (Å²) in [7, 11) is 1.94. The van der Waals surface area contributed by atoms with Crippen LogP contribution in [0.1, 0.15) is 19.8 Å². The van der Waals surface area contributed by atoms with Gasteiger partial charge in [-0.15, -0.1) is 0 Å². The molecular weight excluding hydrogens is 154 g/mol. The molecule has 0 aliphatic carbocycles. The summed E-state index contributed by atoms with van der Waals surface area (Å²) in [6.07, 6.45) is 2.90. The Labute approximate surface area is 74.4 Å². The average molecular weight is 173 g/mol. The normalized spacial score (nSPS) is 27.0. The predicted octanol–water partition coefficient (Wildman–Crippen LogP) is 0.790. The second-order valence-electron chi connectivity index (χ2n) is 3.34. The van der Waals surface area contributed by atoms with Crippen LogP contribution in [0.3, 0.4) is 0 Å². The van der Waals surface area contributed by atoms with E-state index in [1.165, 1.54) is 0 Å². The SMILES string of the molecule is CNCC(C)OC1CCCOC1.